The Morgan fingerprint density at radius 3 is 2.47 bits per heavy atom. The van der Waals surface area contributed by atoms with E-state index in [1.165, 1.54) is 5.56 Å². The molecular weight excluding hydrogens is 436 g/mol. The van der Waals surface area contributed by atoms with Crippen LogP contribution in [0.1, 0.15) is 37.3 Å². The first-order chi connectivity index (χ1) is 16.5. The minimum Gasteiger partial charge on any atom is -0.497 e. The van der Waals surface area contributed by atoms with E-state index < -0.39 is 17.7 Å². The Balaban J connectivity index is 1.19. The second-order valence-electron chi connectivity index (χ2n) is 10.1. The fraction of sp³-hybridized carbons (Fsp3) is 0.556. The van der Waals surface area contributed by atoms with Crippen molar-refractivity contribution in [1.29, 1.82) is 0 Å². The number of hydrogen-bond donors (Lipinski definition) is 0. The third kappa shape index (κ3) is 4.15. The third-order valence-electron chi connectivity index (χ3n) is 7.24. The molecule has 1 spiro atoms. The van der Waals surface area contributed by atoms with E-state index in [1.54, 1.807) is 7.11 Å². The Morgan fingerprint density at radius 2 is 1.76 bits per heavy atom. The molecule has 3 heterocycles. The van der Waals surface area contributed by atoms with Gasteiger partial charge in [-0.05, 0) is 49.4 Å². The minimum atomic E-state index is -1.03. The monoisotopic (exact) mass is 468 g/mol. The smallest absolute Gasteiger partial charge is 0.224 e. The van der Waals surface area contributed by atoms with Gasteiger partial charge < -0.3 is 33.2 Å². The zero-order chi connectivity index (χ0) is 23.3. The summed E-state index contributed by atoms with van der Waals surface area (Å²) in [7, 11) is 1.66. The van der Waals surface area contributed by atoms with Gasteiger partial charge in [-0.15, -0.1) is 0 Å². The summed E-state index contributed by atoms with van der Waals surface area (Å²) in [5, 5.41) is 0. The van der Waals surface area contributed by atoms with Gasteiger partial charge in [-0.25, -0.2) is 0 Å². The van der Waals surface area contributed by atoms with Crippen molar-refractivity contribution in [3.8, 4) is 5.75 Å². The highest BCUT2D eigenvalue weighted by molar-refractivity contribution is 5.27. The molecule has 2 aromatic rings. The molecule has 6 rings (SSSR count). The van der Waals surface area contributed by atoms with E-state index in [1.807, 2.05) is 44.2 Å². The highest BCUT2D eigenvalue weighted by Gasteiger charge is 2.64. The van der Waals surface area contributed by atoms with Gasteiger partial charge >= 0.3 is 0 Å². The van der Waals surface area contributed by atoms with Crippen molar-refractivity contribution < 1.29 is 33.2 Å². The van der Waals surface area contributed by atoms with Gasteiger partial charge in [0.25, 0.3) is 0 Å². The molecule has 7 heteroatoms. The number of methoxy groups -OCH3 is 1. The molecule has 0 aromatic heterocycles. The maximum Gasteiger partial charge on any atom is 0.224 e. The Hall–Kier alpha value is -2.00. The standard InChI is InChI=1S/C27H32O7/c1-26(2)31-16-27(34-26)24(29-14-17-9-11-19(28-3)12-10-17)23-22(15-30-27)32-25(33-23)21-13-20(21)18-7-5-4-6-8-18/h4-12,20-25H,13-16H2,1-3H3/t20-,21+,22+,23+,24-,25+,27-/m0/s1. The van der Waals surface area contributed by atoms with E-state index in [0.29, 0.717) is 25.0 Å². The Bertz CT molecular complexity index is 994. The molecule has 4 aliphatic rings. The predicted molar refractivity (Wildman–Crippen MR) is 122 cm³/mol. The molecule has 3 saturated heterocycles. The summed E-state index contributed by atoms with van der Waals surface area (Å²) in [5.74, 6) is -0.184. The Morgan fingerprint density at radius 1 is 0.971 bits per heavy atom. The van der Waals surface area contributed by atoms with Crippen LogP contribution in [0.3, 0.4) is 0 Å². The fourth-order valence-electron chi connectivity index (χ4n) is 5.37. The first-order valence-electron chi connectivity index (χ1n) is 12.0. The molecule has 4 fully saturated rings. The molecule has 34 heavy (non-hydrogen) atoms. The maximum atomic E-state index is 6.55. The number of fused-ring (bicyclic) bond motifs is 1. The molecule has 3 aliphatic heterocycles. The van der Waals surface area contributed by atoms with Gasteiger partial charge in [0.05, 0.1) is 20.3 Å². The average Bonchev–Trinajstić information content (AvgIpc) is 3.44. The predicted octanol–water partition coefficient (Wildman–Crippen LogP) is 4.00. The average molecular weight is 469 g/mol. The number of hydrogen-bond acceptors (Lipinski definition) is 7. The number of ether oxygens (including phenoxy) is 7. The summed E-state index contributed by atoms with van der Waals surface area (Å²) in [4.78, 5) is 0. The molecule has 0 amide bonds. The molecule has 1 aliphatic carbocycles. The van der Waals surface area contributed by atoms with Crippen LogP contribution < -0.4 is 4.74 Å². The van der Waals surface area contributed by atoms with Gasteiger partial charge in [-0.3, -0.25) is 0 Å². The van der Waals surface area contributed by atoms with Crippen LogP contribution in [0.25, 0.3) is 0 Å². The van der Waals surface area contributed by atoms with Crippen molar-refractivity contribution in [1.82, 2.24) is 0 Å². The molecule has 0 bridgehead atoms. The highest BCUT2D eigenvalue weighted by Crippen LogP contribution is 2.54. The zero-order valence-electron chi connectivity index (χ0n) is 19.8. The fourth-order valence-corrected chi connectivity index (χ4v) is 5.37. The van der Waals surface area contributed by atoms with E-state index in [2.05, 4.69) is 24.3 Å². The van der Waals surface area contributed by atoms with Crippen LogP contribution in [-0.2, 0) is 35.0 Å². The summed E-state index contributed by atoms with van der Waals surface area (Å²) in [6.45, 7) is 4.82. The summed E-state index contributed by atoms with van der Waals surface area (Å²) in [6.07, 6.45) is -0.216. The SMILES string of the molecule is COc1ccc(CO[C@H]2[C@@H]3O[C@H]([C@@H]4C[C@H]4c4ccccc4)O[C@@H]3CO[C@]23COC(C)(C)O3)cc1. The van der Waals surface area contributed by atoms with Gasteiger partial charge in [-0.2, -0.15) is 0 Å². The van der Waals surface area contributed by atoms with Crippen LogP contribution in [0.4, 0.5) is 0 Å². The van der Waals surface area contributed by atoms with Crippen LogP contribution in [0, 0.1) is 5.92 Å². The van der Waals surface area contributed by atoms with E-state index in [9.17, 15) is 0 Å². The van der Waals surface area contributed by atoms with Crippen LogP contribution >= 0.6 is 0 Å². The van der Waals surface area contributed by atoms with Gasteiger partial charge in [-0.1, -0.05) is 42.5 Å². The quantitative estimate of drug-likeness (QED) is 0.635. The topological polar surface area (TPSA) is 64.6 Å². The third-order valence-corrected chi connectivity index (χ3v) is 7.24. The molecule has 7 atom stereocenters. The molecule has 1 saturated carbocycles. The molecule has 2 aromatic carbocycles. The molecule has 0 N–H and O–H groups in total. The van der Waals surface area contributed by atoms with Gasteiger partial charge in [0.2, 0.25) is 5.79 Å². The van der Waals surface area contributed by atoms with Gasteiger partial charge in [0.1, 0.15) is 30.7 Å². The maximum absolute atomic E-state index is 6.55. The van der Waals surface area contributed by atoms with E-state index in [4.69, 9.17) is 33.2 Å². The molecule has 0 unspecified atom stereocenters. The number of rotatable bonds is 6. The lowest BCUT2D eigenvalue weighted by molar-refractivity contribution is -0.336. The largest absolute Gasteiger partial charge is 0.497 e. The Kier molecular flexibility index (Phi) is 5.67. The summed E-state index contributed by atoms with van der Waals surface area (Å²) in [5.41, 5.74) is 2.36. The van der Waals surface area contributed by atoms with Crippen molar-refractivity contribution in [2.45, 2.75) is 69.0 Å². The van der Waals surface area contributed by atoms with Crippen molar-refractivity contribution in [2.24, 2.45) is 5.92 Å². The van der Waals surface area contributed by atoms with Crippen molar-refractivity contribution in [2.75, 3.05) is 20.3 Å². The summed E-state index contributed by atoms with van der Waals surface area (Å²) >= 11 is 0. The number of benzene rings is 2. The molecular formula is C27H32O7. The molecule has 7 nitrogen and oxygen atoms in total. The second kappa shape index (κ2) is 8.59. The van der Waals surface area contributed by atoms with E-state index in [0.717, 1.165) is 17.7 Å². The van der Waals surface area contributed by atoms with Crippen LogP contribution in [0.2, 0.25) is 0 Å². The normalized spacial score (nSPS) is 38.1. The second-order valence-corrected chi connectivity index (χ2v) is 10.1. The van der Waals surface area contributed by atoms with Crippen LogP contribution in [-0.4, -0.2) is 56.5 Å². The molecule has 0 radical (unpaired) electrons. The Labute approximate surface area is 200 Å². The molecule has 182 valence electrons. The first-order valence-corrected chi connectivity index (χ1v) is 12.0. The zero-order valence-corrected chi connectivity index (χ0v) is 19.8. The minimum absolute atomic E-state index is 0.208. The lowest BCUT2D eigenvalue weighted by Gasteiger charge is -2.43. The van der Waals surface area contributed by atoms with E-state index in [-0.39, 0.29) is 25.1 Å². The van der Waals surface area contributed by atoms with Crippen LogP contribution in [0.5, 0.6) is 5.75 Å². The van der Waals surface area contributed by atoms with Crippen molar-refractivity contribution in [3.05, 3.63) is 65.7 Å². The lowest BCUT2D eigenvalue weighted by atomic mass is 9.97. The van der Waals surface area contributed by atoms with Crippen molar-refractivity contribution in [3.63, 3.8) is 0 Å². The highest BCUT2D eigenvalue weighted by atomic mass is 16.9. The first kappa shape index (κ1) is 22.5. The van der Waals surface area contributed by atoms with Gasteiger partial charge in [0, 0.05) is 5.92 Å². The van der Waals surface area contributed by atoms with Gasteiger partial charge in [0.15, 0.2) is 12.1 Å². The summed E-state index contributed by atoms with van der Waals surface area (Å²) < 4.78 is 43.1. The summed E-state index contributed by atoms with van der Waals surface area (Å²) in [6, 6.07) is 18.4. The van der Waals surface area contributed by atoms with Crippen LogP contribution in [0.15, 0.2) is 54.6 Å². The van der Waals surface area contributed by atoms with E-state index >= 15 is 0 Å². The lowest BCUT2D eigenvalue weighted by Crippen LogP contribution is -2.62. The van der Waals surface area contributed by atoms with Crippen molar-refractivity contribution >= 4 is 0 Å².